The third-order valence-electron chi connectivity index (χ3n) is 2.76. The zero-order valence-corrected chi connectivity index (χ0v) is 13.0. The number of thiophene rings is 1. The van der Waals surface area contributed by atoms with Crippen molar-refractivity contribution in [3.05, 3.63) is 56.2 Å². The van der Waals surface area contributed by atoms with Gasteiger partial charge in [0, 0.05) is 4.47 Å². The summed E-state index contributed by atoms with van der Waals surface area (Å²) >= 11 is 4.33. The second-order valence-corrected chi connectivity index (χ2v) is 6.22. The van der Waals surface area contributed by atoms with Crippen LogP contribution in [0.5, 0.6) is 0 Å². The molecule has 0 fully saturated rings. The molecule has 1 amide bonds. The summed E-state index contributed by atoms with van der Waals surface area (Å²) in [5.41, 5.74) is 0.983. The lowest BCUT2D eigenvalue weighted by Crippen LogP contribution is -2.25. The lowest BCUT2D eigenvalue weighted by atomic mass is 10.1. The van der Waals surface area contributed by atoms with Crippen LogP contribution in [0.15, 0.2) is 40.9 Å². The van der Waals surface area contributed by atoms with Crippen molar-refractivity contribution in [3.63, 3.8) is 0 Å². The van der Waals surface area contributed by atoms with Gasteiger partial charge in [0.1, 0.15) is 4.88 Å². The van der Waals surface area contributed by atoms with E-state index in [0.29, 0.717) is 4.88 Å². The van der Waals surface area contributed by atoms with Gasteiger partial charge in [-0.1, -0.05) is 28.1 Å². The van der Waals surface area contributed by atoms with Gasteiger partial charge in [-0.3, -0.25) is 4.79 Å². The van der Waals surface area contributed by atoms with Crippen LogP contribution < -0.4 is 5.32 Å². The molecule has 104 valence electrons. The number of rotatable bonds is 4. The maximum Gasteiger partial charge on any atom is 0.345 e. The summed E-state index contributed by atoms with van der Waals surface area (Å²) in [6.07, 6.45) is 0. The monoisotopic (exact) mass is 353 g/mol. The zero-order valence-electron chi connectivity index (χ0n) is 10.6. The Morgan fingerprint density at radius 1 is 1.15 bits per heavy atom. The minimum Gasteiger partial charge on any atom is -0.477 e. The molecular weight excluding hydrogens is 342 g/mol. The summed E-state index contributed by atoms with van der Waals surface area (Å²) in [4.78, 5) is 23.4. The van der Waals surface area contributed by atoms with E-state index < -0.39 is 5.97 Å². The fourth-order valence-electron chi connectivity index (χ4n) is 1.68. The van der Waals surface area contributed by atoms with Crippen LogP contribution in [0, 0.1) is 0 Å². The number of benzene rings is 1. The summed E-state index contributed by atoms with van der Waals surface area (Å²) in [6, 6.07) is 10.5. The van der Waals surface area contributed by atoms with Crippen molar-refractivity contribution in [1.29, 1.82) is 0 Å². The third-order valence-corrected chi connectivity index (χ3v) is 4.36. The molecule has 4 nitrogen and oxygen atoms in total. The third kappa shape index (κ3) is 3.46. The highest BCUT2D eigenvalue weighted by molar-refractivity contribution is 9.10. The van der Waals surface area contributed by atoms with Crippen LogP contribution in [-0.4, -0.2) is 17.0 Å². The Kier molecular flexibility index (Phi) is 4.57. The number of hydrogen-bond donors (Lipinski definition) is 2. The largest absolute Gasteiger partial charge is 0.477 e. The lowest BCUT2D eigenvalue weighted by Gasteiger charge is -2.13. The highest BCUT2D eigenvalue weighted by Crippen LogP contribution is 2.20. The number of carboxylic acids is 1. The minimum atomic E-state index is -1.02. The Labute approximate surface area is 128 Å². The Morgan fingerprint density at radius 3 is 2.30 bits per heavy atom. The van der Waals surface area contributed by atoms with Crippen molar-refractivity contribution in [2.45, 2.75) is 13.0 Å². The molecule has 0 aliphatic carbocycles. The van der Waals surface area contributed by atoms with E-state index in [1.165, 1.54) is 12.1 Å². The Balaban J connectivity index is 2.06. The van der Waals surface area contributed by atoms with Crippen LogP contribution in [0.4, 0.5) is 0 Å². The molecular formula is C14H12BrNO3S. The van der Waals surface area contributed by atoms with Crippen LogP contribution in [0.25, 0.3) is 0 Å². The predicted molar refractivity (Wildman–Crippen MR) is 81.3 cm³/mol. The summed E-state index contributed by atoms with van der Waals surface area (Å²) in [5, 5.41) is 11.7. The molecule has 0 saturated carbocycles. The molecule has 2 N–H and O–H groups in total. The molecule has 2 rings (SSSR count). The highest BCUT2D eigenvalue weighted by Gasteiger charge is 2.15. The number of carboxylic acid groups (broad SMARTS) is 1. The van der Waals surface area contributed by atoms with Crippen LogP contribution in [0.2, 0.25) is 0 Å². The predicted octanol–water partition coefficient (Wildman–Crippen LogP) is 3.70. The number of carbonyl (C=O) groups excluding carboxylic acids is 1. The molecule has 0 spiro atoms. The van der Waals surface area contributed by atoms with E-state index in [1.54, 1.807) is 0 Å². The molecule has 6 heteroatoms. The standard InChI is InChI=1S/C14H12BrNO3S/c1-8(9-2-4-10(15)5-3-9)16-13(17)11-6-7-12(20-11)14(18)19/h2-8H,1H3,(H,16,17)(H,18,19). The number of carbonyl (C=O) groups is 2. The fourth-order valence-corrected chi connectivity index (χ4v) is 2.69. The van der Waals surface area contributed by atoms with Crippen LogP contribution in [0.1, 0.15) is 37.9 Å². The van der Waals surface area contributed by atoms with Crippen LogP contribution in [-0.2, 0) is 0 Å². The van der Waals surface area contributed by atoms with Crippen LogP contribution >= 0.6 is 27.3 Å². The van der Waals surface area contributed by atoms with Gasteiger partial charge >= 0.3 is 5.97 Å². The van der Waals surface area contributed by atoms with E-state index in [1.807, 2.05) is 31.2 Å². The van der Waals surface area contributed by atoms with Crippen molar-refractivity contribution in [2.75, 3.05) is 0 Å². The first-order chi connectivity index (χ1) is 9.47. The topological polar surface area (TPSA) is 66.4 Å². The van der Waals surface area contributed by atoms with Gasteiger partial charge in [0.15, 0.2) is 0 Å². The van der Waals surface area contributed by atoms with E-state index in [-0.39, 0.29) is 16.8 Å². The van der Waals surface area contributed by atoms with Gasteiger partial charge in [0.2, 0.25) is 0 Å². The minimum absolute atomic E-state index is 0.147. The molecule has 1 atom stereocenters. The molecule has 0 radical (unpaired) electrons. The smallest absolute Gasteiger partial charge is 0.345 e. The number of aromatic carboxylic acids is 1. The summed E-state index contributed by atoms with van der Waals surface area (Å²) in [6.45, 7) is 1.88. The highest BCUT2D eigenvalue weighted by atomic mass is 79.9. The maximum absolute atomic E-state index is 12.0. The van der Waals surface area contributed by atoms with Gasteiger partial charge in [-0.2, -0.15) is 0 Å². The molecule has 1 aromatic heterocycles. The number of amides is 1. The molecule has 1 unspecified atom stereocenters. The first-order valence-electron chi connectivity index (χ1n) is 5.87. The van der Waals surface area contributed by atoms with E-state index in [2.05, 4.69) is 21.2 Å². The molecule has 1 aromatic carbocycles. The Bertz CT molecular complexity index is 636. The average Bonchev–Trinajstić information content (AvgIpc) is 2.89. The second kappa shape index (κ2) is 6.19. The summed E-state index contributed by atoms with van der Waals surface area (Å²) in [5.74, 6) is -1.28. The van der Waals surface area contributed by atoms with Gasteiger partial charge in [-0.25, -0.2) is 4.79 Å². The molecule has 0 aliphatic rings. The quantitative estimate of drug-likeness (QED) is 0.880. The van der Waals surface area contributed by atoms with Gasteiger partial charge < -0.3 is 10.4 Å². The maximum atomic E-state index is 12.0. The molecule has 1 heterocycles. The Hall–Kier alpha value is -1.66. The van der Waals surface area contributed by atoms with Crippen molar-refractivity contribution in [1.82, 2.24) is 5.32 Å². The van der Waals surface area contributed by atoms with E-state index >= 15 is 0 Å². The first kappa shape index (κ1) is 14.7. The molecule has 0 aliphatic heterocycles. The van der Waals surface area contributed by atoms with Gasteiger partial charge in [-0.05, 0) is 36.8 Å². The van der Waals surface area contributed by atoms with Crippen molar-refractivity contribution in [2.24, 2.45) is 0 Å². The van der Waals surface area contributed by atoms with Crippen molar-refractivity contribution < 1.29 is 14.7 Å². The average molecular weight is 354 g/mol. The first-order valence-corrected chi connectivity index (χ1v) is 7.48. The fraction of sp³-hybridized carbons (Fsp3) is 0.143. The molecule has 0 saturated heterocycles. The summed E-state index contributed by atoms with van der Waals surface area (Å²) in [7, 11) is 0. The van der Waals surface area contributed by atoms with Gasteiger partial charge in [-0.15, -0.1) is 11.3 Å². The molecule has 2 aromatic rings. The number of hydrogen-bond acceptors (Lipinski definition) is 3. The molecule has 20 heavy (non-hydrogen) atoms. The number of halogens is 1. The van der Waals surface area contributed by atoms with Gasteiger partial charge in [0.25, 0.3) is 5.91 Å². The second-order valence-electron chi connectivity index (χ2n) is 4.22. The zero-order chi connectivity index (χ0) is 14.7. The lowest BCUT2D eigenvalue weighted by molar-refractivity contribution is 0.0702. The van der Waals surface area contributed by atoms with E-state index in [9.17, 15) is 9.59 Å². The van der Waals surface area contributed by atoms with E-state index in [4.69, 9.17) is 5.11 Å². The number of nitrogens with one attached hydrogen (secondary N) is 1. The normalized spacial score (nSPS) is 11.9. The Morgan fingerprint density at radius 2 is 1.75 bits per heavy atom. The molecule has 0 bridgehead atoms. The van der Waals surface area contributed by atoms with Gasteiger partial charge in [0.05, 0.1) is 10.9 Å². The SMILES string of the molecule is CC(NC(=O)c1ccc(C(=O)O)s1)c1ccc(Br)cc1. The van der Waals surface area contributed by atoms with Crippen molar-refractivity contribution >= 4 is 39.1 Å². The van der Waals surface area contributed by atoms with Crippen molar-refractivity contribution in [3.8, 4) is 0 Å². The van der Waals surface area contributed by atoms with Crippen LogP contribution in [0.3, 0.4) is 0 Å². The summed E-state index contributed by atoms with van der Waals surface area (Å²) < 4.78 is 0.976. The van der Waals surface area contributed by atoms with E-state index in [0.717, 1.165) is 21.4 Å².